The molecule has 1 aliphatic rings. The fourth-order valence-corrected chi connectivity index (χ4v) is 5.26. The van der Waals surface area contributed by atoms with Crippen LogP contribution in [0.15, 0.2) is 60.0 Å². The van der Waals surface area contributed by atoms with Crippen LogP contribution in [0.25, 0.3) is 10.8 Å². The standard InChI is InChI=1S/C23H24ClFOS/c24-23-21(15-26-19-11-10-16-5-1-2-6-17(16)13-19)18(14-22(23)25)7-3-8-20-9-4-12-27-20/h1-2,4-6,9-13,18,21-23H,3,7-8,14-15H2/t18-,21+,22?,23?/m0/s1. The van der Waals surface area contributed by atoms with Gasteiger partial charge in [-0.3, -0.25) is 0 Å². The van der Waals surface area contributed by atoms with Gasteiger partial charge in [-0.2, -0.15) is 0 Å². The molecule has 4 heteroatoms. The average Bonchev–Trinajstić information content (AvgIpc) is 3.29. The minimum Gasteiger partial charge on any atom is -0.493 e. The van der Waals surface area contributed by atoms with E-state index in [9.17, 15) is 4.39 Å². The van der Waals surface area contributed by atoms with Crippen LogP contribution in [0.2, 0.25) is 0 Å². The molecule has 1 aliphatic carbocycles. The Morgan fingerprint density at radius 1 is 1.07 bits per heavy atom. The van der Waals surface area contributed by atoms with E-state index in [-0.39, 0.29) is 5.92 Å². The summed E-state index contributed by atoms with van der Waals surface area (Å²) < 4.78 is 20.3. The van der Waals surface area contributed by atoms with Crippen molar-refractivity contribution in [2.45, 2.75) is 37.2 Å². The van der Waals surface area contributed by atoms with Crippen molar-refractivity contribution in [1.29, 1.82) is 0 Å². The molecule has 1 fully saturated rings. The normalized spacial score (nSPS) is 25.1. The third-order valence-electron chi connectivity index (χ3n) is 5.63. The van der Waals surface area contributed by atoms with Gasteiger partial charge in [0.2, 0.25) is 0 Å². The van der Waals surface area contributed by atoms with Crippen LogP contribution < -0.4 is 4.74 Å². The van der Waals surface area contributed by atoms with Crippen LogP contribution in [0.1, 0.15) is 24.1 Å². The van der Waals surface area contributed by atoms with Gasteiger partial charge < -0.3 is 4.74 Å². The maximum absolute atomic E-state index is 14.3. The lowest BCUT2D eigenvalue weighted by atomic mass is 9.91. The Bertz CT molecular complexity index is 866. The first-order chi connectivity index (χ1) is 13.2. The maximum Gasteiger partial charge on any atom is 0.119 e. The highest BCUT2D eigenvalue weighted by Crippen LogP contribution is 2.41. The zero-order chi connectivity index (χ0) is 18.6. The number of rotatable bonds is 7. The predicted molar refractivity (Wildman–Crippen MR) is 113 cm³/mol. The maximum atomic E-state index is 14.3. The lowest BCUT2D eigenvalue weighted by molar-refractivity contribution is 0.208. The number of thiophene rings is 1. The van der Waals surface area contributed by atoms with Gasteiger partial charge in [0.1, 0.15) is 11.9 Å². The lowest BCUT2D eigenvalue weighted by Crippen LogP contribution is -2.25. The van der Waals surface area contributed by atoms with Crippen molar-refractivity contribution in [3.8, 4) is 5.75 Å². The number of hydrogen-bond acceptors (Lipinski definition) is 2. The van der Waals surface area contributed by atoms with Gasteiger partial charge in [0.15, 0.2) is 0 Å². The molecule has 1 saturated carbocycles. The van der Waals surface area contributed by atoms with Crippen LogP contribution in [-0.4, -0.2) is 18.2 Å². The van der Waals surface area contributed by atoms with Crippen LogP contribution in [0, 0.1) is 11.8 Å². The highest BCUT2D eigenvalue weighted by atomic mass is 35.5. The molecule has 4 atom stereocenters. The summed E-state index contributed by atoms with van der Waals surface area (Å²) in [6.07, 6.45) is 2.78. The van der Waals surface area contributed by atoms with E-state index in [0.717, 1.165) is 30.4 Å². The fourth-order valence-electron chi connectivity index (χ4n) is 4.13. The van der Waals surface area contributed by atoms with Crippen LogP contribution in [0.3, 0.4) is 0 Å². The third-order valence-corrected chi connectivity index (χ3v) is 7.16. The lowest BCUT2D eigenvalue weighted by Gasteiger charge is -2.22. The Morgan fingerprint density at radius 2 is 1.93 bits per heavy atom. The highest BCUT2D eigenvalue weighted by Gasteiger charge is 2.42. The van der Waals surface area contributed by atoms with Gasteiger partial charge in [-0.1, -0.05) is 36.4 Å². The molecule has 0 amide bonds. The Kier molecular flexibility index (Phi) is 5.99. The van der Waals surface area contributed by atoms with Crippen LogP contribution in [0.5, 0.6) is 5.75 Å². The monoisotopic (exact) mass is 402 g/mol. The molecule has 1 nitrogen and oxygen atoms in total. The number of alkyl halides is 2. The van der Waals surface area contributed by atoms with E-state index in [1.807, 2.05) is 24.3 Å². The second-order valence-electron chi connectivity index (χ2n) is 7.41. The molecule has 0 saturated heterocycles. The Balaban J connectivity index is 1.36. The highest BCUT2D eigenvalue weighted by molar-refractivity contribution is 7.09. The number of ether oxygens (including phenoxy) is 1. The number of halogens is 2. The molecule has 142 valence electrons. The number of hydrogen-bond donors (Lipinski definition) is 0. The van der Waals surface area contributed by atoms with Crippen molar-refractivity contribution in [3.05, 3.63) is 64.9 Å². The topological polar surface area (TPSA) is 9.23 Å². The summed E-state index contributed by atoms with van der Waals surface area (Å²) in [7, 11) is 0. The summed E-state index contributed by atoms with van der Waals surface area (Å²) in [5.74, 6) is 1.19. The molecule has 1 aromatic heterocycles. The predicted octanol–water partition coefficient (Wildman–Crippen LogP) is 6.88. The largest absolute Gasteiger partial charge is 0.493 e. The number of benzene rings is 2. The van der Waals surface area contributed by atoms with Gasteiger partial charge in [-0.25, -0.2) is 4.39 Å². The second kappa shape index (κ2) is 8.62. The van der Waals surface area contributed by atoms with E-state index < -0.39 is 11.5 Å². The third kappa shape index (κ3) is 4.47. The summed E-state index contributed by atoms with van der Waals surface area (Å²) in [6, 6.07) is 18.6. The molecule has 2 aromatic carbocycles. The number of fused-ring (bicyclic) bond motifs is 1. The quantitative estimate of drug-likeness (QED) is 0.391. The first-order valence-electron chi connectivity index (χ1n) is 9.63. The molecule has 27 heavy (non-hydrogen) atoms. The van der Waals surface area contributed by atoms with Crippen LogP contribution in [-0.2, 0) is 6.42 Å². The van der Waals surface area contributed by atoms with Crippen molar-refractivity contribution >= 4 is 33.7 Å². The van der Waals surface area contributed by atoms with Gasteiger partial charge >= 0.3 is 0 Å². The second-order valence-corrected chi connectivity index (χ2v) is 8.95. The minimum absolute atomic E-state index is 0.0662. The van der Waals surface area contributed by atoms with Gasteiger partial charge in [-0.15, -0.1) is 22.9 Å². The average molecular weight is 403 g/mol. The minimum atomic E-state index is -0.927. The summed E-state index contributed by atoms with van der Waals surface area (Å²) in [5, 5.41) is 4.01. The molecular weight excluding hydrogens is 379 g/mol. The smallest absolute Gasteiger partial charge is 0.119 e. The van der Waals surface area contributed by atoms with E-state index in [0.29, 0.717) is 18.9 Å². The molecule has 0 radical (unpaired) electrons. The van der Waals surface area contributed by atoms with Gasteiger partial charge in [-0.05, 0) is 66.0 Å². The van der Waals surface area contributed by atoms with E-state index in [2.05, 4.69) is 35.7 Å². The first-order valence-corrected chi connectivity index (χ1v) is 10.9. The molecule has 0 bridgehead atoms. The van der Waals surface area contributed by atoms with Gasteiger partial charge in [0.05, 0.1) is 12.0 Å². The zero-order valence-corrected chi connectivity index (χ0v) is 16.8. The van der Waals surface area contributed by atoms with Crippen molar-refractivity contribution in [2.24, 2.45) is 11.8 Å². The summed E-state index contributed by atoms with van der Waals surface area (Å²) >= 11 is 8.20. The molecule has 3 aromatic rings. The van der Waals surface area contributed by atoms with Crippen LogP contribution >= 0.6 is 22.9 Å². The zero-order valence-electron chi connectivity index (χ0n) is 15.2. The summed E-state index contributed by atoms with van der Waals surface area (Å²) in [6.45, 7) is 0.483. The molecule has 1 heterocycles. The van der Waals surface area contributed by atoms with Crippen molar-refractivity contribution in [2.75, 3.05) is 6.61 Å². The first kappa shape index (κ1) is 18.8. The van der Waals surface area contributed by atoms with Crippen molar-refractivity contribution < 1.29 is 9.13 Å². The Morgan fingerprint density at radius 3 is 2.74 bits per heavy atom. The molecule has 0 spiro atoms. The number of aryl methyl sites for hydroxylation is 1. The Hall–Kier alpha value is -1.58. The van der Waals surface area contributed by atoms with Crippen molar-refractivity contribution in [1.82, 2.24) is 0 Å². The van der Waals surface area contributed by atoms with Crippen molar-refractivity contribution in [3.63, 3.8) is 0 Å². The molecule has 2 unspecified atom stereocenters. The SMILES string of the molecule is FC1C[C@H](CCCc2cccs2)[C@@H](COc2ccc3ccccc3c2)C1Cl. The van der Waals surface area contributed by atoms with Gasteiger partial charge in [0.25, 0.3) is 0 Å². The summed E-state index contributed by atoms with van der Waals surface area (Å²) in [4.78, 5) is 1.40. The molecular formula is C23H24ClFOS. The van der Waals surface area contributed by atoms with E-state index in [1.165, 1.54) is 10.3 Å². The van der Waals surface area contributed by atoms with E-state index >= 15 is 0 Å². The van der Waals surface area contributed by atoms with Crippen LogP contribution in [0.4, 0.5) is 4.39 Å². The molecule has 4 rings (SSSR count). The van der Waals surface area contributed by atoms with E-state index in [1.54, 1.807) is 11.3 Å². The molecule has 0 N–H and O–H groups in total. The van der Waals surface area contributed by atoms with Gasteiger partial charge in [0, 0.05) is 10.8 Å². The fraction of sp³-hybridized carbons (Fsp3) is 0.391. The Labute approximate surface area is 169 Å². The van der Waals surface area contributed by atoms with E-state index in [4.69, 9.17) is 16.3 Å². The summed E-state index contributed by atoms with van der Waals surface area (Å²) in [5.41, 5.74) is 0. The molecule has 0 aliphatic heterocycles.